The molecule has 7 nitrogen and oxygen atoms in total. The van der Waals surface area contributed by atoms with E-state index in [4.69, 9.17) is 5.11 Å². The van der Waals surface area contributed by atoms with Crippen LogP contribution in [0.15, 0.2) is 53.5 Å². The lowest BCUT2D eigenvalue weighted by Crippen LogP contribution is -2.45. The summed E-state index contributed by atoms with van der Waals surface area (Å²) in [7, 11) is 0. The molecule has 29 heavy (non-hydrogen) atoms. The fourth-order valence-electron chi connectivity index (χ4n) is 2.73. The molecule has 150 valence electrons. The number of carboxylic acid groups (broad SMARTS) is 1. The number of hydrogen-bond acceptors (Lipinski definition) is 5. The lowest BCUT2D eigenvalue weighted by molar-refractivity contribution is -0.129. The molecule has 2 amide bonds. The van der Waals surface area contributed by atoms with Crippen LogP contribution in [-0.4, -0.2) is 44.8 Å². The van der Waals surface area contributed by atoms with Gasteiger partial charge in [-0.1, -0.05) is 17.8 Å². The molecule has 9 heteroatoms. The van der Waals surface area contributed by atoms with Crippen LogP contribution < -0.4 is 5.32 Å². The Morgan fingerprint density at radius 2 is 2.00 bits per heavy atom. The maximum Gasteiger partial charge on any atom is 0.335 e. The molecule has 2 N–H and O–H groups in total. The lowest BCUT2D eigenvalue weighted by atomic mass is 10.2. The van der Waals surface area contributed by atoms with E-state index in [1.807, 2.05) is 0 Å². The number of rotatable bonds is 5. The summed E-state index contributed by atoms with van der Waals surface area (Å²) in [5.41, 5.74) is 0.881. The van der Waals surface area contributed by atoms with E-state index in [0.717, 1.165) is 11.8 Å². The van der Waals surface area contributed by atoms with Gasteiger partial charge in [0.15, 0.2) is 5.17 Å². The highest BCUT2D eigenvalue weighted by atomic mass is 32.2. The predicted molar refractivity (Wildman–Crippen MR) is 109 cm³/mol. The molecule has 1 heterocycles. The highest BCUT2D eigenvalue weighted by Gasteiger charge is 2.35. The average Bonchev–Trinajstić information content (AvgIpc) is 2.68. The Kier molecular flexibility index (Phi) is 6.28. The monoisotopic (exact) mass is 415 g/mol. The summed E-state index contributed by atoms with van der Waals surface area (Å²) < 4.78 is 13.4. The zero-order chi connectivity index (χ0) is 21.0. The number of amides is 2. The van der Waals surface area contributed by atoms with E-state index in [0.29, 0.717) is 23.1 Å². The Labute approximate surface area is 170 Å². The van der Waals surface area contributed by atoms with Gasteiger partial charge in [-0.3, -0.25) is 14.5 Å². The first-order chi connectivity index (χ1) is 13.9. The molecule has 0 spiro atoms. The Hall–Kier alpha value is -3.20. The fraction of sp³-hybridized carbons (Fsp3) is 0.200. The number of benzene rings is 2. The van der Waals surface area contributed by atoms with Gasteiger partial charge >= 0.3 is 5.97 Å². The van der Waals surface area contributed by atoms with Crippen molar-refractivity contribution < 1.29 is 23.9 Å². The number of amidine groups is 1. The van der Waals surface area contributed by atoms with Crippen LogP contribution in [0.4, 0.5) is 15.8 Å². The standard InChI is InChI=1S/C20H18FN3O4S/c1-2-24-17(25)11-16(29-20(24)23-15-5-3-4-13(21)10-15)18(26)22-14-8-6-12(7-9-14)19(27)28/h3-10,16H,2,11H2,1H3,(H,22,26)(H,27,28)/t16-/m1/s1. The van der Waals surface area contributed by atoms with Gasteiger partial charge in [0.25, 0.3) is 0 Å². The summed E-state index contributed by atoms with van der Waals surface area (Å²) in [5, 5.41) is 11.2. The third-order valence-electron chi connectivity index (χ3n) is 4.18. The number of aromatic carboxylic acids is 1. The molecule has 0 aliphatic carbocycles. The van der Waals surface area contributed by atoms with Crippen LogP contribution in [0, 0.1) is 5.82 Å². The summed E-state index contributed by atoms with van der Waals surface area (Å²) in [6.45, 7) is 2.18. The zero-order valence-corrected chi connectivity index (χ0v) is 16.3. The van der Waals surface area contributed by atoms with Crippen molar-refractivity contribution in [2.24, 2.45) is 4.99 Å². The number of halogens is 1. The number of carbonyl (C=O) groups is 3. The first kappa shape index (κ1) is 20.5. The second-order valence-corrected chi connectivity index (χ2v) is 7.36. The number of carbonyl (C=O) groups excluding carboxylic acids is 2. The van der Waals surface area contributed by atoms with E-state index >= 15 is 0 Å². The van der Waals surface area contributed by atoms with Crippen LogP contribution in [0.2, 0.25) is 0 Å². The topological polar surface area (TPSA) is 99.1 Å². The maximum absolute atomic E-state index is 13.4. The summed E-state index contributed by atoms with van der Waals surface area (Å²) in [6.07, 6.45) is -0.000277. The molecular formula is C20H18FN3O4S. The van der Waals surface area contributed by atoms with Gasteiger partial charge in [-0.25, -0.2) is 14.2 Å². The summed E-state index contributed by atoms with van der Waals surface area (Å²) in [4.78, 5) is 41.9. The Morgan fingerprint density at radius 1 is 1.28 bits per heavy atom. The minimum atomic E-state index is -1.06. The van der Waals surface area contributed by atoms with E-state index in [2.05, 4.69) is 10.3 Å². The van der Waals surface area contributed by atoms with Gasteiger partial charge in [-0.2, -0.15) is 0 Å². The maximum atomic E-state index is 13.4. The number of anilines is 1. The van der Waals surface area contributed by atoms with Gasteiger partial charge < -0.3 is 10.4 Å². The molecule has 1 aliphatic heterocycles. The molecule has 1 atom stereocenters. The predicted octanol–water partition coefficient (Wildman–Crippen LogP) is 3.50. The molecule has 1 fully saturated rings. The third kappa shape index (κ3) is 5.00. The molecule has 1 saturated heterocycles. The van der Waals surface area contributed by atoms with Crippen molar-refractivity contribution in [2.75, 3.05) is 11.9 Å². The van der Waals surface area contributed by atoms with Gasteiger partial charge in [-0.15, -0.1) is 0 Å². The molecule has 2 aromatic rings. The minimum Gasteiger partial charge on any atom is -0.478 e. The van der Waals surface area contributed by atoms with Crippen molar-refractivity contribution in [3.05, 3.63) is 59.9 Å². The highest BCUT2D eigenvalue weighted by Crippen LogP contribution is 2.30. The van der Waals surface area contributed by atoms with Crippen molar-refractivity contribution in [3.63, 3.8) is 0 Å². The van der Waals surface area contributed by atoms with Gasteiger partial charge in [0, 0.05) is 18.7 Å². The third-order valence-corrected chi connectivity index (χ3v) is 5.37. The Morgan fingerprint density at radius 3 is 2.62 bits per heavy atom. The first-order valence-electron chi connectivity index (χ1n) is 8.83. The van der Waals surface area contributed by atoms with Crippen LogP contribution in [0.1, 0.15) is 23.7 Å². The highest BCUT2D eigenvalue weighted by molar-refractivity contribution is 8.15. The Balaban J connectivity index is 1.78. The van der Waals surface area contributed by atoms with E-state index in [1.165, 1.54) is 47.4 Å². The average molecular weight is 415 g/mol. The number of aliphatic imine (C=N–C) groups is 1. The van der Waals surface area contributed by atoms with Gasteiger partial charge in [0.2, 0.25) is 11.8 Å². The smallest absolute Gasteiger partial charge is 0.335 e. The number of nitrogens with zero attached hydrogens (tertiary/aromatic N) is 2. The number of carboxylic acids is 1. The molecule has 0 bridgehead atoms. The van der Waals surface area contributed by atoms with Crippen molar-refractivity contribution in [1.82, 2.24) is 4.90 Å². The minimum absolute atomic E-state index is 0.000277. The fourth-order valence-corrected chi connectivity index (χ4v) is 3.89. The normalized spacial score (nSPS) is 18.0. The summed E-state index contributed by atoms with van der Waals surface area (Å²) in [6, 6.07) is 11.4. The molecule has 1 aliphatic rings. The van der Waals surface area contributed by atoms with Crippen LogP contribution in [0.25, 0.3) is 0 Å². The van der Waals surface area contributed by atoms with Crippen LogP contribution in [-0.2, 0) is 9.59 Å². The summed E-state index contributed by atoms with van der Waals surface area (Å²) in [5.74, 6) is -2.15. The van der Waals surface area contributed by atoms with E-state index in [-0.39, 0.29) is 17.9 Å². The van der Waals surface area contributed by atoms with Crippen molar-refractivity contribution in [3.8, 4) is 0 Å². The number of thioether (sulfide) groups is 1. The summed E-state index contributed by atoms with van der Waals surface area (Å²) >= 11 is 1.13. The molecule has 0 aromatic heterocycles. The quantitative estimate of drug-likeness (QED) is 0.779. The van der Waals surface area contributed by atoms with Crippen LogP contribution >= 0.6 is 11.8 Å². The van der Waals surface area contributed by atoms with Crippen LogP contribution in [0.3, 0.4) is 0 Å². The number of hydrogen-bond donors (Lipinski definition) is 2. The molecule has 0 radical (unpaired) electrons. The SMILES string of the molecule is CCN1C(=O)C[C@H](C(=O)Nc2ccc(C(=O)O)cc2)SC1=Nc1cccc(F)c1. The van der Waals surface area contributed by atoms with E-state index < -0.39 is 22.9 Å². The molecule has 3 rings (SSSR count). The van der Waals surface area contributed by atoms with E-state index in [9.17, 15) is 18.8 Å². The second kappa shape index (κ2) is 8.87. The zero-order valence-electron chi connectivity index (χ0n) is 15.5. The molecule has 2 aromatic carbocycles. The molecule has 0 unspecified atom stereocenters. The van der Waals surface area contributed by atoms with Crippen LogP contribution in [0.5, 0.6) is 0 Å². The van der Waals surface area contributed by atoms with E-state index in [1.54, 1.807) is 13.0 Å². The van der Waals surface area contributed by atoms with Gasteiger partial charge in [0.05, 0.1) is 11.3 Å². The van der Waals surface area contributed by atoms with Gasteiger partial charge in [-0.05, 0) is 49.4 Å². The largest absolute Gasteiger partial charge is 0.478 e. The van der Waals surface area contributed by atoms with Crippen molar-refractivity contribution in [2.45, 2.75) is 18.6 Å². The Bertz CT molecular complexity index is 978. The molecule has 0 saturated carbocycles. The first-order valence-corrected chi connectivity index (χ1v) is 9.71. The lowest BCUT2D eigenvalue weighted by Gasteiger charge is -2.30. The number of nitrogens with one attached hydrogen (secondary N) is 1. The van der Waals surface area contributed by atoms with Crippen molar-refractivity contribution >= 4 is 46.1 Å². The second-order valence-electron chi connectivity index (χ2n) is 6.19. The van der Waals surface area contributed by atoms with Crippen molar-refractivity contribution in [1.29, 1.82) is 0 Å². The molecular weight excluding hydrogens is 397 g/mol. The van der Waals surface area contributed by atoms with Gasteiger partial charge in [0.1, 0.15) is 11.1 Å².